The maximum Gasteiger partial charge on any atom is 0.150 e. The standard InChI is InChI=1S/C17H18N2O2/c1-11-5-4-6-12-9-14-13(17(20)16(11)12)10-18-19(14)15-7-2-3-8-21-15/h4-6,9-10,15,20H,2-3,7-8H2,1H3. The molecule has 4 nitrogen and oxygen atoms in total. The van der Waals surface area contributed by atoms with Crippen LogP contribution in [0.5, 0.6) is 5.75 Å². The first-order valence-electron chi connectivity index (χ1n) is 7.46. The van der Waals surface area contributed by atoms with Crippen LogP contribution in [0, 0.1) is 6.92 Å². The van der Waals surface area contributed by atoms with E-state index >= 15 is 0 Å². The molecular weight excluding hydrogens is 264 g/mol. The second kappa shape index (κ2) is 4.74. The number of hydrogen-bond acceptors (Lipinski definition) is 3. The van der Waals surface area contributed by atoms with Crippen molar-refractivity contribution in [1.29, 1.82) is 0 Å². The molecule has 4 rings (SSSR count). The molecule has 1 fully saturated rings. The molecule has 0 spiro atoms. The third-order valence-corrected chi connectivity index (χ3v) is 4.35. The van der Waals surface area contributed by atoms with Gasteiger partial charge < -0.3 is 9.84 Å². The first kappa shape index (κ1) is 12.7. The summed E-state index contributed by atoms with van der Waals surface area (Å²) < 4.78 is 7.74. The van der Waals surface area contributed by atoms with E-state index in [1.54, 1.807) is 6.20 Å². The largest absolute Gasteiger partial charge is 0.507 e. The average Bonchev–Trinajstić information content (AvgIpc) is 2.92. The molecule has 4 heteroatoms. The Bertz CT molecular complexity index is 816. The van der Waals surface area contributed by atoms with Gasteiger partial charge >= 0.3 is 0 Å². The van der Waals surface area contributed by atoms with Gasteiger partial charge in [-0.1, -0.05) is 18.2 Å². The van der Waals surface area contributed by atoms with Crippen molar-refractivity contribution in [3.05, 3.63) is 36.0 Å². The van der Waals surface area contributed by atoms with Gasteiger partial charge in [-0.25, -0.2) is 4.68 Å². The van der Waals surface area contributed by atoms with Gasteiger partial charge in [-0.3, -0.25) is 0 Å². The number of ether oxygens (including phenoxy) is 1. The van der Waals surface area contributed by atoms with Crippen LogP contribution in [0.2, 0.25) is 0 Å². The molecule has 21 heavy (non-hydrogen) atoms. The molecule has 1 N–H and O–H groups in total. The minimum absolute atomic E-state index is 0.0158. The lowest BCUT2D eigenvalue weighted by Gasteiger charge is -2.23. The molecule has 0 bridgehead atoms. The maximum absolute atomic E-state index is 10.6. The van der Waals surface area contributed by atoms with E-state index in [1.807, 2.05) is 29.8 Å². The second-order valence-corrected chi connectivity index (χ2v) is 5.74. The predicted molar refractivity (Wildman–Crippen MR) is 82.5 cm³/mol. The zero-order valence-corrected chi connectivity index (χ0v) is 12.0. The molecule has 1 saturated heterocycles. The topological polar surface area (TPSA) is 47.3 Å². The van der Waals surface area contributed by atoms with Crippen LogP contribution in [0.3, 0.4) is 0 Å². The van der Waals surface area contributed by atoms with Gasteiger partial charge in [0.05, 0.1) is 17.1 Å². The smallest absolute Gasteiger partial charge is 0.150 e. The summed E-state index contributed by atoms with van der Waals surface area (Å²) in [6, 6.07) is 8.16. The summed E-state index contributed by atoms with van der Waals surface area (Å²) in [6.45, 7) is 2.80. The number of benzene rings is 2. The normalized spacial score (nSPS) is 19.4. The highest BCUT2D eigenvalue weighted by Gasteiger charge is 2.20. The number of aryl methyl sites for hydroxylation is 1. The molecule has 0 saturated carbocycles. The number of hydrogen-bond donors (Lipinski definition) is 1. The van der Waals surface area contributed by atoms with E-state index < -0.39 is 0 Å². The maximum atomic E-state index is 10.6. The summed E-state index contributed by atoms with van der Waals surface area (Å²) in [5.41, 5.74) is 2.02. The summed E-state index contributed by atoms with van der Waals surface area (Å²) in [7, 11) is 0. The fourth-order valence-electron chi connectivity index (χ4n) is 3.26. The Morgan fingerprint density at radius 2 is 2.24 bits per heavy atom. The van der Waals surface area contributed by atoms with E-state index in [1.165, 1.54) is 0 Å². The van der Waals surface area contributed by atoms with E-state index in [-0.39, 0.29) is 6.23 Å². The Morgan fingerprint density at radius 1 is 1.33 bits per heavy atom. The van der Waals surface area contributed by atoms with Crippen LogP contribution in [0.1, 0.15) is 31.1 Å². The molecule has 1 aromatic heterocycles. The predicted octanol–water partition coefficient (Wildman–Crippen LogP) is 3.90. The molecule has 1 atom stereocenters. The van der Waals surface area contributed by atoms with Crippen LogP contribution in [0.4, 0.5) is 0 Å². The molecule has 2 aromatic carbocycles. The summed E-state index contributed by atoms with van der Waals surface area (Å²) in [6.07, 6.45) is 4.98. The minimum atomic E-state index is -0.0158. The van der Waals surface area contributed by atoms with Crippen molar-refractivity contribution in [2.45, 2.75) is 32.4 Å². The zero-order chi connectivity index (χ0) is 14.4. The molecular formula is C17H18N2O2. The van der Waals surface area contributed by atoms with Crippen LogP contribution < -0.4 is 0 Å². The Labute approximate surface area is 122 Å². The quantitative estimate of drug-likeness (QED) is 0.736. The lowest BCUT2D eigenvalue weighted by atomic mass is 10.0. The van der Waals surface area contributed by atoms with Crippen molar-refractivity contribution in [1.82, 2.24) is 9.78 Å². The van der Waals surface area contributed by atoms with Crippen LogP contribution in [-0.2, 0) is 4.74 Å². The lowest BCUT2D eigenvalue weighted by molar-refractivity contribution is -0.0366. The molecule has 1 aliphatic heterocycles. The Balaban J connectivity index is 1.97. The number of nitrogens with zero attached hydrogens (tertiary/aromatic N) is 2. The van der Waals surface area contributed by atoms with Gasteiger partial charge in [0, 0.05) is 12.0 Å². The molecule has 0 aliphatic carbocycles. The van der Waals surface area contributed by atoms with Crippen molar-refractivity contribution >= 4 is 21.7 Å². The van der Waals surface area contributed by atoms with Gasteiger partial charge in [0.25, 0.3) is 0 Å². The van der Waals surface area contributed by atoms with E-state index in [0.29, 0.717) is 5.75 Å². The van der Waals surface area contributed by atoms with E-state index in [9.17, 15) is 5.11 Å². The number of phenolic OH excluding ortho intramolecular Hbond substituents is 1. The van der Waals surface area contributed by atoms with Crippen LogP contribution in [0.25, 0.3) is 21.7 Å². The van der Waals surface area contributed by atoms with Gasteiger partial charge in [0.2, 0.25) is 0 Å². The molecule has 108 valence electrons. The number of fused-ring (bicyclic) bond motifs is 2. The highest BCUT2D eigenvalue weighted by molar-refractivity contribution is 6.05. The minimum Gasteiger partial charge on any atom is -0.507 e. The molecule has 0 radical (unpaired) electrons. The van der Waals surface area contributed by atoms with E-state index in [4.69, 9.17) is 4.74 Å². The molecule has 1 unspecified atom stereocenters. The Kier molecular flexibility index (Phi) is 2.86. The first-order valence-corrected chi connectivity index (χ1v) is 7.46. The SMILES string of the molecule is Cc1cccc2cc3c(cnn3C3CCCCO3)c(O)c12. The lowest BCUT2D eigenvalue weighted by Crippen LogP contribution is -2.18. The van der Waals surface area contributed by atoms with Crippen molar-refractivity contribution in [3.8, 4) is 5.75 Å². The summed E-state index contributed by atoms with van der Waals surface area (Å²) in [5.74, 6) is 0.322. The fraction of sp³-hybridized carbons (Fsp3) is 0.353. The van der Waals surface area contributed by atoms with E-state index in [0.717, 1.165) is 53.1 Å². The van der Waals surface area contributed by atoms with Crippen molar-refractivity contribution < 1.29 is 9.84 Å². The molecule has 0 amide bonds. The highest BCUT2D eigenvalue weighted by atomic mass is 16.5. The first-order chi connectivity index (χ1) is 10.3. The van der Waals surface area contributed by atoms with Crippen molar-refractivity contribution in [2.75, 3.05) is 6.61 Å². The van der Waals surface area contributed by atoms with Crippen LogP contribution in [-0.4, -0.2) is 21.5 Å². The van der Waals surface area contributed by atoms with Gasteiger partial charge in [0.15, 0.2) is 6.23 Å². The fourth-order valence-corrected chi connectivity index (χ4v) is 3.26. The van der Waals surface area contributed by atoms with Crippen LogP contribution >= 0.6 is 0 Å². The summed E-state index contributed by atoms with van der Waals surface area (Å²) >= 11 is 0. The number of phenols is 1. The van der Waals surface area contributed by atoms with Crippen LogP contribution in [0.15, 0.2) is 30.5 Å². The van der Waals surface area contributed by atoms with Gasteiger partial charge in [0.1, 0.15) is 5.75 Å². The van der Waals surface area contributed by atoms with E-state index in [2.05, 4.69) is 11.2 Å². The zero-order valence-electron chi connectivity index (χ0n) is 12.0. The highest BCUT2D eigenvalue weighted by Crippen LogP contribution is 2.37. The summed E-state index contributed by atoms with van der Waals surface area (Å²) in [5, 5.41) is 17.8. The second-order valence-electron chi connectivity index (χ2n) is 5.74. The molecule has 3 aromatic rings. The number of aromatic nitrogens is 2. The summed E-state index contributed by atoms with van der Waals surface area (Å²) in [4.78, 5) is 0. The third-order valence-electron chi connectivity index (χ3n) is 4.35. The molecule has 1 aliphatic rings. The van der Waals surface area contributed by atoms with Crippen molar-refractivity contribution in [2.24, 2.45) is 0 Å². The number of aromatic hydroxyl groups is 1. The van der Waals surface area contributed by atoms with Crippen molar-refractivity contribution in [3.63, 3.8) is 0 Å². The van der Waals surface area contributed by atoms with Gasteiger partial charge in [-0.05, 0) is 43.2 Å². The Hall–Kier alpha value is -2.07. The third kappa shape index (κ3) is 1.90. The monoisotopic (exact) mass is 282 g/mol. The van der Waals surface area contributed by atoms with Gasteiger partial charge in [-0.2, -0.15) is 5.10 Å². The number of rotatable bonds is 1. The van der Waals surface area contributed by atoms with Gasteiger partial charge in [-0.15, -0.1) is 0 Å². The Morgan fingerprint density at radius 3 is 3.05 bits per heavy atom. The average molecular weight is 282 g/mol. The molecule has 2 heterocycles.